The Morgan fingerprint density at radius 3 is 2.53 bits per heavy atom. The van der Waals surface area contributed by atoms with E-state index in [1.807, 2.05) is 17.8 Å². The third kappa shape index (κ3) is 3.57. The molecule has 0 amide bonds. The third-order valence-corrected chi connectivity index (χ3v) is 4.10. The van der Waals surface area contributed by atoms with E-state index in [-0.39, 0.29) is 11.6 Å². The molecule has 1 aliphatic rings. The lowest BCUT2D eigenvalue weighted by atomic mass is 10.1. The van der Waals surface area contributed by atoms with Gasteiger partial charge in [-0.3, -0.25) is 0 Å². The van der Waals surface area contributed by atoms with Gasteiger partial charge < -0.3 is 5.32 Å². The smallest absolute Gasteiger partial charge is 0.381 e. The van der Waals surface area contributed by atoms with Crippen LogP contribution in [0.25, 0.3) is 0 Å². The van der Waals surface area contributed by atoms with Crippen molar-refractivity contribution in [1.29, 1.82) is 5.26 Å². The highest BCUT2D eigenvalue weighted by Crippen LogP contribution is 2.32. The molecule has 1 aromatic carbocycles. The molecule has 1 saturated heterocycles. The van der Waals surface area contributed by atoms with E-state index in [0.717, 1.165) is 36.5 Å². The molecule has 19 heavy (non-hydrogen) atoms. The zero-order valence-corrected chi connectivity index (χ0v) is 10.9. The Bertz CT molecular complexity index is 488. The van der Waals surface area contributed by atoms with Crippen molar-refractivity contribution >= 4 is 17.4 Å². The van der Waals surface area contributed by atoms with Gasteiger partial charge in [-0.25, -0.2) is 0 Å². The second-order valence-corrected chi connectivity index (χ2v) is 5.63. The van der Waals surface area contributed by atoms with Crippen LogP contribution in [0.2, 0.25) is 0 Å². The van der Waals surface area contributed by atoms with Crippen LogP contribution in [0.5, 0.6) is 0 Å². The highest BCUT2D eigenvalue weighted by atomic mass is 32.2. The molecule has 0 radical (unpaired) electrons. The van der Waals surface area contributed by atoms with Gasteiger partial charge in [0.05, 0.1) is 16.8 Å². The molecule has 1 fully saturated rings. The minimum atomic E-state index is -4.41. The number of rotatable bonds is 2. The monoisotopic (exact) mass is 286 g/mol. The Balaban J connectivity index is 2.19. The van der Waals surface area contributed by atoms with Crippen molar-refractivity contribution < 1.29 is 13.2 Å². The lowest BCUT2D eigenvalue weighted by Crippen LogP contribution is -2.25. The third-order valence-electron chi connectivity index (χ3n) is 3.05. The molecule has 1 aromatic rings. The fourth-order valence-corrected chi connectivity index (χ4v) is 3.11. The van der Waals surface area contributed by atoms with Gasteiger partial charge in [0.15, 0.2) is 0 Å². The highest BCUT2D eigenvalue weighted by Gasteiger charge is 2.31. The van der Waals surface area contributed by atoms with E-state index in [9.17, 15) is 13.2 Å². The predicted molar refractivity (Wildman–Crippen MR) is 70.1 cm³/mol. The first-order valence-electron chi connectivity index (χ1n) is 5.96. The zero-order valence-electron chi connectivity index (χ0n) is 10.1. The van der Waals surface area contributed by atoms with Crippen LogP contribution in [-0.4, -0.2) is 17.5 Å². The lowest BCUT2D eigenvalue weighted by molar-refractivity contribution is -0.137. The Kier molecular flexibility index (Phi) is 4.25. The summed E-state index contributed by atoms with van der Waals surface area (Å²) in [5.41, 5.74) is -0.241. The van der Waals surface area contributed by atoms with Crippen molar-refractivity contribution in [3.05, 3.63) is 29.3 Å². The molecule has 0 unspecified atom stereocenters. The van der Waals surface area contributed by atoms with Crippen molar-refractivity contribution in [2.45, 2.75) is 25.1 Å². The molecule has 0 aromatic heterocycles. The van der Waals surface area contributed by atoms with Crippen LogP contribution in [0, 0.1) is 11.3 Å². The molecule has 1 N–H and O–H groups in total. The Morgan fingerprint density at radius 1 is 1.26 bits per heavy atom. The SMILES string of the molecule is N#Cc1cc(C(F)(F)F)ccc1NC1CCSCC1. The van der Waals surface area contributed by atoms with Crippen LogP contribution in [0.15, 0.2) is 18.2 Å². The number of thioether (sulfide) groups is 1. The topological polar surface area (TPSA) is 35.8 Å². The van der Waals surface area contributed by atoms with Crippen molar-refractivity contribution in [3.8, 4) is 6.07 Å². The van der Waals surface area contributed by atoms with Gasteiger partial charge >= 0.3 is 6.18 Å². The number of benzene rings is 1. The average molecular weight is 286 g/mol. The number of halogens is 3. The Hall–Kier alpha value is -1.35. The van der Waals surface area contributed by atoms with Gasteiger partial charge in [-0.15, -0.1) is 0 Å². The first-order valence-corrected chi connectivity index (χ1v) is 7.12. The second kappa shape index (κ2) is 5.74. The van der Waals surface area contributed by atoms with Crippen LogP contribution in [0.3, 0.4) is 0 Å². The van der Waals surface area contributed by atoms with Crippen molar-refractivity contribution in [2.75, 3.05) is 16.8 Å². The average Bonchev–Trinajstić information content (AvgIpc) is 2.39. The number of anilines is 1. The molecule has 1 aliphatic heterocycles. The number of nitrogens with one attached hydrogen (secondary N) is 1. The summed E-state index contributed by atoms with van der Waals surface area (Å²) in [6.45, 7) is 0. The van der Waals surface area contributed by atoms with Gasteiger partial charge in [0, 0.05) is 6.04 Å². The van der Waals surface area contributed by atoms with Crippen molar-refractivity contribution in [1.82, 2.24) is 0 Å². The van der Waals surface area contributed by atoms with Gasteiger partial charge in [-0.2, -0.15) is 30.2 Å². The minimum Gasteiger partial charge on any atom is -0.381 e. The van der Waals surface area contributed by atoms with Gasteiger partial charge in [-0.05, 0) is 42.5 Å². The Labute approximate surface area is 114 Å². The molecule has 102 valence electrons. The first-order chi connectivity index (χ1) is 9.00. The molecule has 6 heteroatoms. The summed E-state index contributed by atoms with van der Waals surface area (Å²) < 4.78 is 37.7. The summed E-state index contributed by atoms with van der Waals surface area (Å²) in [5, 5.41) is 12.2. The number of nitrogens with zero attached hydrogens (tertiary/aromatic N) is 1. The molecular formula is C13H13F3N2S. The summed E-state index contributed by atoms with van der Waals surface area (Å²) in [4.78, 5) is 0. The summed E-state index contributed by atoms with van der Waals surface area (Å²) in [6.07, 6.45) is -2.47. The molecule has 0 atom stereocenters. The van der Waals surface area contributed by atoms with Crippen molar-refractivity contribution in [3.63, 3.8) is 0 Å². The number of hydrogen-bond acceptors (Lipinski definition) is 3. The lowest BCUT2D eigenvalue weighted by Gasteiger charge is -2.24. The van der Waals surface area contributed by atoms with E-state index >= 15 is 0 Å². The van der Waals surface area contributed by atoms with E-state index in [2.05, 4.69) is 5.32 Å². The first kappa shape index (κ1) is 14.1. The van der Waals surface area contributed by atoms with Gasteiger partial charge in [0.2, 0.25) is 0 Å². The number of hydrogen-bond donors (Lipinski definition) is 1. The van der Waals surface area contributed by atoms with E-state index in [1.165, 1.54) is 6.07 Å². The van der Waals surface area contributed by atoms with E-state index in [0.29, 0.717) is 5.69 Å². The highest BCUT2D eigenvalue weighted by molar-refractivity contribution is 7.99. The largest absolute Gasteiger partial charge is 0.416 e. The second-order valence-electron chi connectivity index (χ2n) is 4.40. The summed E-state index contributed by atoms with van der Waals surface area (Å²) in [6, 6.07) is 5.34. The van der Waals surface area contributed by atoms with E-state index < -0.39 is 11.7 Å². The van der Waals surface area contributed by atoms with Crippen LogP contribution in [-0.2, 0) is 6.18 Å². The molecule has 1 heterocycles. The fraction of sp³-hybridized carbons (Fsp3) is 0.462. The maximum atomic E-state index is 12.6. The molecule has 0 bridgehead atoms. The van der Waals surface area contributed by atoms with Gasteiger partial charge in [0.25, 0.3) is 0 Å². The summed E-state index contributed by atoms with van der Waals surface area (Å²) >= 11 is 1.87. The molecule has 2 nitrogen and oxygen atoms in total. The molecule has 0 saturated carbocycles. The van der Waals surface area contributed by atoms with Crippen LogP contribution >= 0.6 is 11.8 Å². The molecule has 0 spiro atoms. The Morgan fingerprint density at radius 2 is 1.95 bits per heavy atom. The van der Waals surface area contributed by atoms with Crippen LogP contribution < -0.4 is 5.32 Å². The summed E-state index contributed by atoms with van der Waals surface area (Å²) in [5.74, 6) is 2.08. The van der Waals surface area contributed by atoms with Crippen LogP contribution in [0.4, 0.5) is 18.9 Å². The number of alkyl halides is 3. The maximum absolute atomic E-state index is 12.6. The zero-order chi connectivity index (χ0) is 13.9. The van der Waals surface area contributed by atoms with E-state index in [1.54, 1.807) is 0 Å². The predicted octanol–water partition coefficient (Wildman–Crippen LogP) is 3.88. The van der Waals surface area contributed by atoms with E-state index in [4.69, 9.17) is 5.26 Å². The van der Waals surface area contributed by atoms with Gasteiger partial charge in [0.1, 0.15) is 6.07 Å². The van der Waals surface area contributed by atoms with Crippen LogP contribution in [0.1, 0.15) is 24.0 Å². The molecule has 2 rings (SSSR count). The molecular weight excluding hydrogens is 273 g/mol. The maximum Gasteiger partial charge on any atom is 0.416 e. The number of nitriles is 1. The minimum absolute atomic E-state index is 0.0491. The quantitative estimate of drug-likeness (QED) is 0.896. The van der Waals surface area contributed by atoms with Crippen molar-refractivity contribution in [2.24, 2.45) is 0 Å². The molecule has 0 aliphatic carbocycles. The standard InChI is InChI=1S/C13H13F3N2S/c14-13(15,16)10-1-2-12(9(7-10)8-17)18-11-3-5-19-6-4-11/h1-2,7,11,18H,3-6H2. The summed E-state index contributed by atoms with van der Waals surface area (Å²) in [7, 11) is 0. The normalized spacial score (nSPS) is 16.9. The fourth-order valence-electron chi connectivity index (χ4n) is 2.00. The van der Waals surface area contributed by atoms with Gasteiger partial charge in [-0.1, -0.05) is 0 Å².